The van der Waals surface area contributed by atoms with Gasteiger partial charge in [-0.25, -0.2) is 0 Å². The Hall–Kier alpha value is -2.60. The summed E-state index contributed by atoms with van der Waals surface area (Å²) in [5.41, 5.74) is 7.15. The van der Waals surface area contributed by atoms with E-state index in [9.17, 15) is 4.79 Å². The zero-order chi connectivity index (χ0) is 17.4. The molecule has 0 saturated heterocycles. The molecule has 0 aliphatic rings. The van der Waals surface area contributed by atoms with Gasteiger partial charge in [-0.2, -0.15) is 0 Å². The van der Waals surface area contributed by atoms with Gasteiger partial charge < -0.3 is 20.5 Å². The Morgan fingerprint density at radius 1 is 1.17 bits per heavy atom. The number of hydrogen-bond acceptors (Lipinski definition) is 4. The molecule has 5 nitrogen and oxygen atoms in total. The average molecular weight is 344 g/mol. The molecule has 0 aromatic heterocycles. The predicted molar refractivity (Wildman–Crippen MR) is 97.5 cm³/mol. The molecule has 0 heterocycles. The lowest BCUT2D eigenvalue weighted by Crippen LogP contribution is -2.24. The summed E-state index contributed by atoms with van der Waals surface area (Å²) in [7, 11) is 1.53. The molecule has 0 atom stereocenters. The molecule has 0 bridgehead atoms. The quantitative estimate of drug-likeness (QED) is 0.717. The molecule has 0 radical (unpaired) electrons. The van der Waals surface area contributed by atoms with Crippen molar-refractivity contribution in [3.05, 3.63) is 59.7 Å². The van der Waals surface area contributed by atoms with Gasteiger partial charge in [0.15, 0.2) is 18.1 Å². The van der Waals surface area contributed by atoms with Crippen LogP contribution in [0.4, 0.5) is 0 Å². The molecule has 2 aromatic rings. The van der Waals surface area contributed by atoms with Gasteiger partial charge in [0.2, 0.25) is 0 Å². The van der Waals surface area contributed by atoms with Crippen molar-refractivity contribution in [3.63, 3.8) is 0 Å². The van der Waals surface area contributed by atoms with E-state index in [0.717, 1.165) is 18.5 Å². The highest BCUT2D eigenvalue weighted by molar-refractivity contribution is 7.80. The number of nitrogens with two attached hydrogens (primary N) is 1. The largest absolute Gasteiger partial charge is 0.493 e. The van der Waals surface area contributed by atoms with Crippen molar-refractivity contribution in [3.8, 4) is 11.5 Å². The molecule has 24 heavy (non-hydrogen) atoms. The molecule has 126 valence electrons. The maximum absolute atomic E-state index is 10.8. The minimum atomic E-state index is -0.542. The predicted octanol–water partition coefficient (Wildman–Crippen LogP) is 2.07. The fourth-order valence-corrected chi connectivity index (χ4v) is 2.37. The molecule has 0 aliphatic heterocycles. The van der Waals surface area contributed by atoms with Crippen LogP contribution in [0.3, 0.4) is 0 Å². The van der Waals surface area contributed by atoms with Gasteiger partial charge in [-0.1, -0.05) is 42.5 Å². The van der Waals surface area contributed by atoms with Crippen LogP contribution < -0.4 is 20.5 Å². The van der Waals surface area contributed by atoms with Crippen molar-refractivity contribution in [2.24, 2.45) is 5.73 Å². The number of amides is 1. The van der Waals surface area contributed by atoms with Crippen LogP contribution in [0, 0.1) is 0 Å². The number of rotatable bonds is 8. The van der Waals surface area contributed by atoms with Gasteiger partial charge in [0.05, 0.1) is 7.11 Å². The molecule has 2 aromatic carbocycles. The van der Waals surface area contributed by atoms with Crippen molar-refractivity contribution >= 4 is 23.1 Å². The summed E-state index contributed by atoms with van der Waals surface area (Å²) < 4.78 is 10.6. The van der Waals surface area contributed by atoms with Gasteiger partial charge in [-0.3, -0.25) is 4.79 Å². The van der Waals surface area contributed by atoms with Crippen LogP contribution in [0.1, 0.15) is 11.1 Å². The van der Waals surface area contributed by atoms with E-state index in [-0.39, 0.29) is 6.61 Å². The molecule has 0 aliphatic carbocycles. The van der Waals surface area contributed by atoms with E-state index in [1.807, 2.05) is 24.3 Å². The minimum Gasteiger partial charge on any atom is -0.493 e. The van der Waals surface area contributed by atoms with Crippen LogP contribution in [-0.2, 0) is 11.2 Å². The molecule has 0 unspecified atom stereocenters. The van der Waals surface area contributed by atoms with Crippen LogP contribution in [0.5, 0.6) is 11.5 Å². The lowest BCUT2D eigenvalue weighted by Gasteiger charge is -2.13. The van der Waals surface area contributed by atoms with Gasteiger partial charge in [-0.15, -0.1) is 0 Å². The van der Waals surface area contributed by atoms with Gasteiger partial charge in [0, 0.05) is 12.1 Å². The van der Waals surface area contributed by atoms with Gasteiger partial charge >= 0.3 is 0 Å². The summed E-state index contributed by atoms with van der Waals surface area (Å²) in [4.78, 5) is 11.4. The highest BCUT2D eigenvalue weighted by atomic mass is 32.1. The highest BCUT2D eigenvalue weighted by Crippen LogP contribution is 2.28. The first kappa shape index (κ1) is 17.7. The normalized spacial score (nSPS) is 10.0. The number of primary amides is 1. The topological polar surface area (TPSA) is 73.6 Å². The third-order valence-corrected chi connectivity index (χ3v) is 3.72. The molecular formula is C18H20N2O3S. The number of carbonyl (C=O) groups excluding carboxylic acids is 1. The monoisotopic (exact) mass is 344 g/mol. The van der Waals surface area contributed by atoms with Gasteiger partial charge in [0.25, 0.3) is 5.91 Å². The maximum Gasteiger partial charge on any atom is 0.255 e. The Kier molecular flexibility index (Phi) is 6.57. The summed E-state index contributed by atoms with van der Waals surface area (Å²) in [5.74, 6) is 0.410. The minimum absolute atomic E-state index is 0.199. The Balaban J connectivity index is 1.95. The Morgan fingerprint density at radius 3 is 2.58 bits per heavy atom. The van der Waals surface area contributed by atoms with Crippen molar-refractivity contribution in [1.29, 1.82) is 0 Å². The van der Waals surface area contributed by atoms with E-state index in [2.05, 4.69) is 17.4 Å². The molecule has 3 N–H and O–H groups in total. The fraction of sp³-hybridized carbons (Fsp3) is 0.222. The zero-order valence-electron chi connectivity index (χ0n) is 13.5. The first-order valence-electron chi connectivity index (χ1n) is 7.51. The summed E-state index contributed by atoms with van der Waals surface area (Å²) >= 11 is 5.41. The van der Waals surface area contributed by atoms with Crippen LogP contribution in [-0.4, -0.2) is 31.2 Å². The molecule has 2 rings (SSSR count). The lowest BCUT2D eigenvalue weighted by molar-refractivity contribution is -0.119. The number of carbonyl (C=O) groups is 1. The van der Waals surface area contributed by atoms with Crippen LogP contribution in [0.25, 0.3) is 0 Å². The van der Waals surface area contributed by atoms with Crippen molar-refractivity contribution in [2.75, 3.05) is 20.3 Å². The standard InChI is InChI=1S/C18H20N2O3S/c1-22-16-11-14(7-8-15(16)23-12-17(19)21)18(24)20-10-9-13-5-3-2-4-6-13/h2-8,11H,9-10,12H2,1H3,(H2,19,21)(H,20,24). The molecule has 1 amide bonds. The van der Waals surface area contributed by atoms with E-state index in [4.69, 9.17) is 27.4 Å². The number of methoxy groups -OCH3 is 1. The van der Waals surface area contributed by atoms with Crippen molar-refractivity contribution in [1.82, 2.24) is 5.32 Å². The summed E-state index contributed by atoms with van der Waals surface area (Å²) in [6.07, 6.45) is 0.887. The van der Waals surface area contributed by atoms with Crippen LogP contribution in [0.15, 0.2) is 48.5 Å². The second kappa shape index (κ2) is 8.88. The van der Waals surface area contributed by atoms with Crippen molar-refractivity contribution < 1.29 is 14.3 Å². The summed E-state index contributed by atoms with van der Waals surface area (Å²) in [6, 6.07) is 15.5. The fourth-order valence-electron chi connectivity index (χ4n) is 2.14. The van der Waals surface area contributed by atoms with Gasteiger partial charge in [0.1, 0.15) is 4.99 Å². The summed E-state index contributed by atoms with van der Waals surface area (Å²) in [6.45, 7) is 0.542. The Labute approximate surface area is 146 Å². The molecule has 0 spiro atoms. The number of thiocarbonyl (C=S) groups is 1. The third kappa shape index (κ3) is 5.24. The van der Waals surface area contributed by atoms with E-state index in [1.54, 1.807) is 12.1 Å². The molecule has 6 heteroatoms. The first-order chi connectivity index (χ1) is 11.6. The SMILES string of the molecule is COc1cc(C(=S)NCCc2ccccc2)ccc1OCC(N)=O. The summed E-state index contributed by atoms with van der Waals surface area (Å²) in [5, 5.41) is 3.23. The van der Waals surface area contributed by atoms with Crippen LogP contribution in [0.2, 0.25) is 0 Å². The zero-order valence-corrected chi connectivity index (χ0v) is 14.3. The second-order valence-corrected chi connectivity index (χ2v) is 5.52. The van der Waals surface area contributed by atoms with E-state index in [1.165, 1.54) is 12.7 Å². The first-order valence-corrected chi connectivity index (χ1v) is 7.92. The average Bonchev–Trinajstić information content (AvgIpc) is 2.60. The molecule has 0 saturated carbocycles. The van der Waals surface area contributed by atoms with E-state index in [0.29, 0.717) is 16.5 Å². The van der Waals surface area contributed by atoms with Gasteiger partial charge in [-0.05, 0) is 30.2 Å². The lowest BCUT2D eigenvalue weighted by atomic mass is 10.1. The maximum atomic E-state index is 10.8. The highest BCUT2D eigenvalue weighted by Gasteiger charge is 2.09. The third-order valence-electron chi connectivity index (χ3n) is 3.34. The number of nitrogens with one attached hydrogen (secondary N) is 1. The Bertz CT molecular complexity index is 705. The van der Waals surface area contributed by atoms with E-state index >= 15 is 0 Å². The number of ether oxygens (including phenoxy) is 2. The number of hydrogen-bond donors (Lipinski definition) is 2. The second-order valence-electron chi connectivity index (χ2n) is 5.11. The smallest absolute Gasteiger partial charge is 0.255 e. The Morgan fingerprint density at radius 2 is 1.92 bits per heavy atom. The van der Waals surface area contributed by atoms with E-state index < -0.39 is 5.91 Å². The van der Waals surface area contributed by atoms with Crippen molar-refractivity contribution in [2.45, 2.75) is 6.42 Å². The molecule has 0 fully saturated rings. The van der Waals surface area contributed by atoms with Crippen LogP contribution >= 0.6 is 12.2 Å². The number of benzene rings is 2. The molecular weight excluding hydrogens is 324 g/mol.